The number of aromatic nitrogens is 1. The molecule has 2 N–H and O–H groups in total. The maximum absolute atomic E-state index is 13.0. The number of rotatable bonds is 4. The third-order valence-electron chi connectivity index (χ3n) is 5.69. The molecule has 0 spiro atoms. The van der Waals surface area contributed by atoms with Crippen LogP contribution in [0.2, 0.25) is 0 Å². The van der Waals surface area contributed by atoms with Crippen molar-refractivity contribution < 1.29 is 4.79 Å². The Morgan fingerprint density at radius 1 is 1.38 bits per heavy atom. The van der Waals surface area contributed by atoms with Crippen LogP contribution >= 0.6 is 36.2 Å². The molecule has 0 bridgehead atoms. The first-order valence-corrected chi connectivity index (χ1v) is 9.85. The zero-order chi connectivity index (χ0) is 16.6. The molecule has 1 amide bonds. The number of amides is 1. The predicted molar refractivity (Wildman–Crippen MR) is 113 cm³/mol. The van der Waals surface area contributed by atoms with Gasteiger partial charge >= 0.3 is 0 Å². The highest BCUT2D eigenvalue weighted by molar-refractivity contribution is 7.18. The summed E-state index contributed by atoms with van der Waals surface area (Å²) in [4.78, 5) is 17.7. The second-order valence-corrected chi connectivity index (χ2v) is 8.50. The summed E-state index contributed by atoms with van der Waals surface area (Å²) in [5, 5.41) is 7.85. The Labute approximate surface area is 171 Å². The second-order valence-electron chi connectivity index (χ2n) is 7.38. The fourth-order valence-electron chi connectivity index (χ4n) is 4.38. The molecule has 0 radical (unpaired) electrons. The van der Waals surface area contributed by atoms with E-state index in [1.54, 1.807) is 11.3 Å². The molecule has 1 saturated heterocycles. The maximum atomic E-state index is 13.0. The molecule has 1 saturated carbocycles. The average Bonchev–Trinajstić information content (AvgIpc) is 3.18. The van der Waals surface area contributed by atoms with E-state index in [0.717, 1.165) is 36.5 Å². The molecule has 1 aliphatic heterocycles. The van der Waals surface area contributed by atoms with Crippen LogP contribution in [-0.4, -0.2) is 30.0 Å². The van der Waals surface area contributed by atoms with E-state index in [2.05, 4.69) is 23.6 Å². The summed E-state index contributed by atoms with van der Waals surface area (Å²) in [5.74, 6) is 0.770. The van der Waals surface area contributed by atoms with Gasteiger partial charge in [0.05, 0.1) is 20.6 Å². The van der Waals surface area contributed by atoms with Gasteiger partial charge in [0, 0.05) is 19.0 Å². The Morgan fingerprint density at radius 2 is 2.19 bits per heavy atom. The van der Waals surface area contributed by atoms with E-state index in [0.29, 0.717) is 5.92 Å². The second kappa shape index (κ2) is 8.87. The van der Waals surface area contributed by atoms with Gasteiger partial charge < -0.3 is 10.6 Å². The number of halogens is 2. The monoisotopic (exact) mass is 415 g/mol. The van der Waals surface area contributed by atoms with Crippen molar-refractivity contribution in [2.75, 3.05) is 13.1 Å². The molecule has 144 valence electrons. The summed E-state index contributed by atoms with van der Waals surface area (Å²) in [6.07, 6.45) is 5.47. The summed E-state index contributed by atoms with van der Waals surface area (Å²) in [7, 11) is 0. The normalized spacial score (nSPS) is 25.7. The lowest BCUT2D eigenvalue weighted by atomic mass is 9.67. The number of benzene rings is 1. The van der Waals surface area contributed by atoms with Gasteiger partial charge in [-0.05, 0) is 44.4 Å². The van der Waals surface area contributed by atoms with Crippen LogP contribution in [0.5, 0.6) is 0 Å². The number of hydrogen-bond donors (Lipinski definition) is 2. The average molecular weight is 416 g/mol. The molecule has 2 aromatic rings. The van der Waals surface area contributed by atoms with Crippen LogP contribution in [0.4, 0.5) is 0 Å². The van der Waals surface area contributed by atoms with Crippen molar-refractivity contribution in [1.82, 2.24) is 15.6 Å². The fraction of sp³-hybridized carbons (Fsp3) is 0.579. The first-order chi connectivity index (χ1) is 11.7. The van der Waals surface area contributed by atoms with Gasteiger partial charge in [-0.25, -0.2) is 4.98 Å². The summed E-state index contributed by atoms with van der Waals surface area (Å²) < 4.78 is 1.22. The molecule has 2 fully saturated rings. The molecule has 4 nitrogen and oxygen atoms in total. The highest BCUT2D eigenvalue weighted by Crippen LogP contribution is 2.44. The lowest BCUT2D eigenvalue weighted by molar-refractivity contribution is -0.134. The first kappa shape index (κ1) is 21.4. The van der Waals surface area contributed by atoms with Gasteiger partial charge in [-0.15, -0.1) is 36.2 Å². The molecule has 3 atom stereocenters. The Morgan fingerprint density at radius 3 is 3.00 bits per heavy atom. The lowest BCUT2D eigenvalue weighted by Gasteiger charge is -2.37. The van der Waals surface area contributed by atoms with Crippen LogP contribution < -0.4 is 10.6 Å². The minimum atomic E-state index is -0.167. The van der Waals surface area contributed by atoms with E-state index in [1.807, 2.05) is 18.2 Å². The van der Waals surface area contributed by atoms with Crippen molar-refractivity contribution in [2.24, 2.45) is 11.3 Å². The Bertz CT molecular complexity index is 720. The number of fused-ring (bicyclic) bond motifs is 2. The van der Waals surface area contributed by atoms with Crippen LogP contribution in [0.3, 0.4) is 0 Å². The van der Waals surface area contributed by atoms with Crippen LogP contribution in [0, 0.1) is 11.3 Å². The molecule has 2 aliphatic rings. The largest absolute Gasteiger partial charge is 0.353 e. The number of carbonyl (C=O) groups excluding carboxylic acids is 1. The van der Waals surface area contributed by atoms with Crippen LogP contribution in [-0.2, 0) is 11.2 Å². The molecule has 1 aliphatic carbocycles. The van der Waals surface area contributed by atoms with E-state index >= 15 is 0 Å². The lowest BCUT2D eigenvalue weighted by Crippen LogP contribution is -2.50. The molecule has 1 unspecified atom stereocenters. The first-order valence-electron chi connectivity index (χ1n) is 9.03. The molecule has 26 heavy (non-hydrogen) atoms. The van der Waals surface area contributed by atoms with Crippen molar-refractivity contribution in [1.29, 1.82) is 0 Å². The number of para-hydroxylation sites is 1. The standard InChI is InChI=1S/C19H25N3OS.2ClH/c1-13(10-17-22-15-7-2-3-8-16(15)24-17)21-18(23)19-9-5-4-6-14(19)11-20-12-19;;/h2-3,7-8,13-14,20H,4-6,9-12H2,1H3,(H,21,23);2*1H/t13?,14-,19+;;/m0../s1. The van der Waals surface area contributed by atoms with E-state index in [9.17, 15) is 4.79 Å². The molecule has 1 aromatic carbocycles. The fourth-order valence-corrected chi connectivity index (χ4v) is 5.47. The summed E-state index contributed by atoms with van der Waals surface area (Å²) in [6.45, 7) is 3.94. The molecule has 7 heteroatoms. The van der Waals surface area contributed by atoms with E-state index in [4.69, 9.17) is 4.98 Å². The number of nitrogens with one attached hydrogen (secondary N) is 2. The third-order valence-corrected chi connectivity index (χ3v) is 6.75. The number of carbonyl (C=O) groups is 1. The molecule has 1 aromatic heterocycles. The Balaban J connectivity index is 0.00000121. The summed E-state index contributed by atoms with van der Waals surface area (Å²) in [6, 6.07) is 8.34. The molecular formula is C19H27Cl2N3OS. The van der Waals surface area contributed by atoms with Crippen LogP contribution in [0.1, 0.15) is 37.6 Å². The third kappa shape index (κ3) is 4.01. The van der Waals surface area contributed by atoms with Crippen molar-refractivity contribution >= 4 is 52.3 Å². The van der Waals surface area contributed by atoms with Gasteiger partial charge in [0.15, 0.2) is 0 Å². The summed E-state index contributed by atoms with van der Waals surface area (Å²) in [5.41, 5.74) is 0.891. The smallest absolute Gasteiger partial charge is 0.228 e. The number of thiazole rings is 1. The number of nitrogens with zero attached hydrogens (tertiary/aromatic N) is 1. The SMILES string of the molecule is CC(Cc1nc2ccccc2s1)NC(=O)[C@@]12CCCC[C@H]1CNC2.Cl.Cl. The Hall–Kier alpha value is -0.880. The molecule has 4 rings (SSSR count). The maximum Gasteiger partial charge on any atom is 0.228 e. The van der Waals surface area contributed by atoms with Crippen molar-refractivity contribution in [3.63, 3.8) is 0 Å². The van der Waals surface area contributed by atoms with Crippen molar-refractivity contribution in [2.45, 2.75) is 45.1 Å². The zero-order valence-corrected chi connectivity index (χ0v) is 17.4. The van der Waals surface area contributed by atoms with Gasteiger partial charge in [-0.1, -0.05) is 25.0 Å². The van der Waals surface area contributed by atoms with Gasteiger partial charge in [0.1, 0.15) is 0 Å². The highest BCUT2D eigenvalue weighted by Gasteiger charge is 2.49. The van der Waals surface area contributed by atoms with Gasteiger partial charge in [0.25, 0.3) is 0 Å². The minimum absolute atomic E-state index is 0. The van der Waals surface area contributed by atoms with Gasteiger partial charge in [-0.2, -0.15) is 0 Å². The summed E-state index contributed by atoms with van der Waals surface area (Å²) >= 11 is 1.73. The van der Waals surface area contributed by atoms with E-state index in [-0.39, 0.29) is 42.2 Å². The van der Waals surface area contributed by atoms with Crippen molar-refractivity contribution in [3.8, 4) is 0 Å². The predicted octanol–water partition coefficient (Wildman–Crippen LogP) is 3.97. The molecular weight excluding hydrogens is 389 g/mol. The van der Waals surface area contributed by atoms with Gasteiger partial charge in [-0.3, -0.25) is 4.79 Å². The van der Waals surface area contributed by atoms with Crippen LogP contribution in [0.15, 0.2) is 24.3 Å². The molecule has 2 heterocycles. The minimum Gasteiger partial charge on any atom is -0.353 e. The van der Waals surface area contributed by atoms with Gasteiger partial charge in [0.2, 0.25) is 5.91 Å². The van der Waals surface area contributed by atoms with Crippen molar-refractivity contribution in [3.05, 3.63) is 29.3 Å². The quantitative estimate of drug-likeness (QED) is 0.793. The van der Waals surface area contributed by atoms with E-state index < -0.39 is 0 Å². The number of hydrogen-bond acceptors (Lipinski definition) is 4. The zero-order valence-electron chi connectivity index (χ0n) is 15.0. The Kier molecular flexibility index (Phi) is 7.31. The van der Waals surface area contributed by atoms with E-state index in [1.165, 1.54) is 24.0 Å². The highest BCUT2D eigenvalue weighted by atomic mass is 35.5. The topological polar surface area (TPSA) is 54.0 Å². The van der Waals surface area contributed by atoms with Crippen LogP contribution in [0.25, 0.3) is 10.2 Å².